The Morgan fingerprint density at radius 2 is 2.00 bits per heavy atom. The molecular formula is C11H26N2OS. The molecule has 0 rings (SSSR count). The molecule has 2 atom stereocenters. The molecule has 1 N–H and O–H groups in total. The molecule has 4 heteroatoms. The zero-order chi connectivity index (χ0) is 11.7. The van der Waals surface area contributed by atoms with Crippen LogP contribution in [-0.4, -0.2) is 62.8 Å². The molecule has 0 heterocycles. The van der Waals surface area contributed by atoms with Gasteiger partial charge in [0, 0.05) is 38.0 Å². The lowest BCUT2D eigenvalue weighted by molar-refractivity contribution is 0.183. The summed E-state index contributed by atoms with van der Waals surface area (Å²) in [6, 6.07) is 1.21. The maximum atomic E-state index is 4.99. The molecule has 0 aliphatic heterocycles. The first kappa shape index (κ1) is 15.2. The van der Waals surface area contributed by atoms with Crippen molar-refractivity contribution >= 4 is 11.8 Å². The van der Waals surface area contributed by atoms with Gasteiger partial charge in [-0.3, -0.25) is 4.90 Å². The molecule has 2 unspecified atom stereocenters. The lowest BCUT2D eigenvalue weighted by Crippen LogP contribution is -2.44. The van der Waals surface area contributed by atoms with Crippen molar-refractivity contribution in [3.63, 3.8) is 0 Å². The first-order valence-electron chi connectivity index (χ1n) is 5.54. The minimum absolute atomic E-state index is 0.573. The van der Waals surface area contributed by atoms with Gasteiger partial charge in [-0.2, -0.15) is 11.8 Å². The van der Waals surface area contributed by atoms with Crippen LogP contribution in [0.4, 0.5) is 0 Å². The van der Waals surface area contributed by atoms with Crippen molar-refractivity contribution in [1.29, 1.82) is 0 Å². The Bertz CT molecular complexity index is 147. The first-order valence-corrected chi connectivity index (χ1v) is 6.93. The second-order valence-corrected chi connectivity index (χ2v) is 4.93. The zero-order valence-electron chi connectivity index (χ0n) is 10.7. The van der Waals surface area contributed by atoms with Crippen molar-refractivity contribution in [2.45, 2.75) is 25.9 Å². The molecule has 3 nitrogen and oxygen atoms in total. The largest absolute Gasteiger partial charge is 0.383 e. The Kier molecular flexibility index (Phi) is 9.60. The smallest absolute Gasteiger partial charge is 0.0587 e. The quantitative estimate of drug-likeness (QED) is 0.608. The van der Waals surface area contributed by atoms with E-state index in [1.807, 2.05) is 11.8 Å². The summed E-state index contributed by atoms with van der Waals surface area (Å²) in [5.41, 5.74) is 0. The topological polar surface area (TPSA) is 24.5 Å². The summed E-state index contributed by atoms with van der Waals surface area (Å²) in [6.45, 7) is 7.29. The number of nitrogens with one attached hydrogen (secondary N) is 1. The Morgan fingerprint density at radius 3 is 2.53 bits per heavy atom. The van der Waals surface area contributed by atoms with Crippen molar-refractivity contribution < 1.29 is 4.74 Å². The summed E-state index contributed by atoms with van der Waals surface area (Å²) in [5, 5.41) is 3.39. The molecule has 0 aromatic rings. The fraction of sp³-hybridized carbons (Fsp3) is 1.00. The number of nitrogens with zero attached hydrogens (tertiary/aromatic N) is 1. The van der Waals surface area contributed by atoms with Gasteiger partial charge in [0.1, 0.15) is 0 Å². The highest BCUT2D eigenvalue weighted by molar-refractivity contribution is 7.98. The summed E-state index contributed by atoms with van der Waals surface area (Å²) in [6.07, 6.45) is 2.16. The molecule has 15 heavy (non-hydrogen) atoms. The van der Waals surface area contributed by atoms with Crippen LogP contribution in [0.15, 0.2) is 0 Å². The van der Waals surface area contributed by atoms with E-state index in [0.29, 0.717) is 12.1 Å². The molecule has 0 amide bonds. The average Bonchev–Trinajstić information content (AvgIpc) is 2.23. The van der Waals surface area contributed by atoms with Gasteiger partial charge in [0.15, 0.2) is 0 Å². The second kappa shape index (κ2) is 9.46. The van der Waals surface area contributed by atoms with Gasteiger partial charge in [0.05, 0.1) is 6.61 Å². The van der Waals surface area contributed by atoms with E-state index in [2.05, 4.69) is 37.4 Å². The Hall–Kier alpha value is 0.230. The van der Waals surface area contributed by atoms with Crippen LogP contribution in [0.25, 0.3) is 0 Å². The van der Waals surface area contributed by atoms with Gasteiger partial charge in [-0.25, -0.2) is 0 Å². The molecule has 0 saturated heterocycles. The van der Waals surface area contributed by atoms with Crippen LogP contribution >= 0.6 is 11.8 Å². The van der Waals surface area contributed by atoms with Crippen LogP contribution in [0, 0.1) is 0 Å². The number of rotatable bonds is 9. The van der Waals surface area contributed by atoms with Crippen molar-refractivity contribution in [3.8, 4) is 0 Å². The molecule has 0 bridgehead atoms. The van der Waals surface area contributed by atoms with Crippen LogP contribution in [0.5, 0.6) is 0 Å². The summed E-state index contributed by atoms with van der Waals surface area (Å²) in [5.74, 6) is 1.19. The van der Waals surface area contributed by atoms with Crippen molar-refractivity contribution in [2.75, 3.05) is 45.9 Å². The van der Waals surface area contributed by atoms with Gasteiger partial charge in [0.25, 0.3) is 0 Å². The normalized spacial score (nSPS) is 15.6. The van der Waals surface area contributed by atoms with Crippen molar-refractivity contribution in [1.82, 2.24) is 10.2 Å². The van der Waals surface area contributed by atoms with Crippen LogP contribution < -0.4 is 5.32 Å². The van der Waals surface area contributed by atoms with E-state index in [1.165, 1.54) is 5.75 Å². The Balaban J connectivity index is 3.63. The van der Waals surface area contributed by atoms with Gasteiger partial charge in [-0.15, -0.1) is 0 Å². The lowest BCUT2D eigenvalue weighted by Gasteiger charge is -2.30. The highest BCUT2D eigenvalue weighted by Crippen LogP contribution is 2.06. The predicted molar refractivity (Wildman–Crippen MR) is 69.8 cm³/mol. The van der Waals surface area contributed by atoms with Gasteiger partial charge in [-0.1, -0.05) is 0 Å². The summed E-state index contributed by atoms with van der Waals surface area (Å²) in [4.78, 5) is 2.43. The molecule has 0 spiro atoms. The zero-order valence-corrected chi connectivity index (χ0v) is 11.6. The second-order valence-electron chi connectivity index (χ2n) is 4.02. The van der Waals surface area contributed by atoms with E-state index in [-0.39, 0.29) is 0 Å². The number of methoxy groups -OCH3 is 1. The predicted octanol–water partition coefficient (Wildman–Crippen LogP) is 1.29. The summed E-state index contributed by atoms with van der Waals surface area (Å²) < 4.78 is 4.99. The average molecular weight is 234 g/mol. The molecule has 0 aliphatic rings. The third kappa shape index (κ3) is 7.17. The number of hydrogen-bond acceptors (Lipinski definition) is 4. The highest BCUT2D eigenvalue weighted by Gasteiger charge is 2.14. The van der Waals surface area contributed by atoms with Gasteiger partial charge >= 0.3 is 0 Å². The standard InChI is InChI=1S/C11H26N2OS/c1-10(8-12-6-7-14-4)13(3)11(2)9-15-5/h10-12H,6-9H2,1-5H3. The van der Waals surface area contributed by atoms with Gasteiger partial charge in [0.2, 0.25) is 0 Å². The van der Waals surface area contributed by atoms with Crippen molar-refractivity contribution in [2.24, 2.45) is 0 Å². The number of thioether (sulfide) groups is 1. The highest BCUT2D eigenvalue weighted by atomic mass is 32.2. The Labute approximate surface area is 98.9 Å². The van der Waals surface area contributed by atoms with Crippen LogP contribution in [0.3, 0.4) is 0 Å². The summed E-state index contributed by atoms with van der Waals surface area (Å²) >= 11 is 1.91. The minimum Gasteiger partial charge on any atom is -0.383 e. The molecule has 0 fully saturated rings. The van der Waals surface area contributed by atoms with Crippen LogP contribution in [-0.2, 0) is 4.74 Å². The van der Waals surface area contributed by atoms with E-state index in [0.717, 1.165) is 19.7 Å². The molecule has 0 aromatic heterocycles. The monoisotopic (exact) mass is 234 g/mol. The van der Waals surface area contributed by atoms with Crippen molar-refractivity contribution in [3.05, 3.63) is 0 Å². The minimum atomic E-state index is 0.573. The van der Waals surface area contributed by atoms with E-state index in [9.17, 15) is 0 Å². The van der Waals surface area contributed by atoms with E-state index in [4.69, 9.17) is 4.74 Å². The maximum Gasteiger partial charge on any atom is 0.0587 e. The fourth-order valence-electron chi connectivity index (χ4n) is 1.42. The maximum absolute atomic E-state index is 4.99. The van der Waals surface area contributed by atoms with E-state index < -0.39 is 0 Å². The first-order chi connectivity index (χ1) is 7.13. The molecule has 92 valence electrons. The third-order valence-corrected chi connectivity index (χ3v) is 3.54. The SMILES string of the molecule is COCCNCC(C)N(C)C(C)CSC. The lowest BCUT2D eigenvalue weighted by atomic mass is 10.2. The molecule has 0 aromatic carbocycles. The number of ether oxygens (including phenoxy) is 1. The Morgan fingerprint density at radius 1 is 1.33 bits per heavy atom. The fourth-order valence-corrected chi connectivity index (χ4v) is 2.14. The van der Waals surface area contributed by atoms with E-state index in [1.54, 1.807) is 7.11 Å². The molecule has 0 saturated carbocycles. The van der Waals surface area contributed by atoms with Crippen LogP contribution in [0.1, 0.15) is 13.8 Å². The summed E-state index contributed by atoms with van der Waals surface area (Å²) in [7, 11) is 3.93. The number of likely N-dealkylation sites (N-methyl/N-ethyl adjacent to an activating group) is 1. The van der Waals surface area contributed by atoms with Crippen LogP contribution in [0.2, 0.25) is 0 Å². The molecule has 0 radical (unpaired) electrons. The third-order valence-electron chi connectivity index (χ3n) is 2.72. The molecular weight excluding hydrogens is 208 g/mol. The van der Waals surface area contributed by atoms with Gasteiger partial charge < -0.3 is 10.1 Å². The van der Waals surface area contributed by atoms with Gasteiger partial charge in [-0.05, 0) is 27.2 Å². The van der Waals surface area contributed by atoms with E-state index >= 15 is 0 Å². The number of hydrogen-bond donors (Lipinski definition) is 1. The molecule has 0 aliphatic carbocycles.